The third-order valence-corrected chi connectivity index (χ3v) is 3.86. The third-order valence-electron chi connectivity index (χ3n) is 3.86. The summed E-state index contributed by atoms with van der Waals surface area (Å²) in [5.74, 6) is 0.611. The predicted molar refractivity (Wildman–Crippen MR) is 79.0 cm³/mol. The largest absolute Gasteiger partial charge is 0.399 e. The average molecular weight is 261 g/mol. The summed E-state index contributed by atoms with van der Waals surface area (Å²) < 4.78 is 0. The number of rotatable bonds is 3. The van der Waals surface area contributed by atoms with E-state index >= 15 is 0 Å². The highest BCUT2D eigenvalue weighted by atomic mass is 16.2. The zero-order chi connectivity index (χ0) is 13.7. The van der Waals surface area contributed by atoms with Crippen LogP contribution in [-0.2, 0) is 0 Å². The number of anilines is 2. The van der Waals surface area contributed by atoms with Gasteiger partial charge >= 0.3 is 6.03 Å². The molecular formula is C15H23N3O. The molecule has 0 heterocycles. The van der Waals surface area contributed by atoms with Crippen molar-refractivity contribution in [3.63, 3.8) is 0 Å². The zero-order valence-corrected chi connectivity index (χ0v) is 11.5. The van der Waals surface area contributed by atoms with Crippen molar-refractivity contribution >= 4 is 17.4 Å². The quantitative estimate of drug-likeness (QED) is 0.730. The number of nitrogens with two attached hydrogens (primary N) is 1. The number of carbonyl (C=O) groups is 1. The molecule has 0 aromatic heterocycles. The number of amides is 2. The van der Waals surface area contributed by atoms with Crippen LogP contribution in [0.1, 0.15) is 39.0 Å². The Bertz CT molecular complexity index is 427. The maximum absolute atomic E-state index is 11.9. The van der Waals surface area contributed by atoms with Crippen LogP contribution in [0.4, 0.5) is 16.2 Å². The summed E-state index contributed by atoms with van der Waals surface area (Å²) in [7, 11) is 0. The van der Waals surface area contributed by atoms with E-state index in [-0.39, 0.29) is 12.1 Å². The van der Waals surface area contributed by atoms with Crippen molar-refractivity contribution in [1.29, 1.82) is 0 Å². The molecule has 4 nitrogen and oxygen atoms in total. The van der Waals surface area contributed by atoms with Crippen LogP contribution >= 0.6 is 0 Å². The topological polar surface area (TPSA) is 67.2 Å². The zero-order valence-electron chi connectivity index (χ0n) is 11.5. The lowest BCUT2D eigenvalue weighted by Crippen LogP contribution is -2.41. The second kappa shape index (κ2) is 6.45. The van der Waals surface area contributed by atoms with Crippen LogP contribution in [0.5, 0.6) is 0 Å². The van der Waals surface area contributed by atoms with Gasteiger partial charge < -0.3 is 16.4 Å². The minimum Gasteiger partial charge on any atom is -0.399 e. The highest BCUT2D eigenvalue weighted by Crippen LogP contribution is 2.26. The normalized spacial score (nSPS) is 17.7. The van der Waals surface area contributed by atoms with Crippen molar-refractivity contribution in [1.82, 2.24) is 5.32 Å². The first-order chi connectivity index (χ1) is 9.15. The van der Waals surface area contributed by atoms with E-state index in [9.17, 15) is 4.79 Å². The molecular weight excluding hydrogens is 238 g/mol. The van der Waals surface area contributed by atoms with Gasteiger partial charge in [0.2, 0.25) is 0 Å². The highest BCUT2D eigenvalue weighted by Gasteiger charge is 2.21. The Kier molecular flexibility index (Phi) is 4.66. The molecule has 1 aromatic carbocycles. The second-order valence-corrected chi connectivity index (χ2v) is 5.41. The summed E-state index contributed by atoms with van der Waals surface area (Å²) in [5.41, 5.74) is 7.06. The molecule has 1 aliphatic carbocycles. The molecule has 1 unspecified atom stereocenters. The minimum atomic E-state index is -0.149. The Morgan fingerprint density at radius 2 is 2.05 bits per heavy atom. The Morgan fingerprint density at radius 1 is 1.32 bits per heavy atom. The van der Waals surface area contributed by atoms with Gasteiger partial charge in [0.1, 0.15) is 0 Å². The fourth-order valence-electron chi connectivity index (χ4n) is 2.74. The van der Waals surface area contributed by atoms with Crippen LogP contribution in [0.15, 0.2) is 24.3 Å². The Hall–Kier alpha value is -1.71. The van der Waals surface area contributed by atoms with Crippen molar-refractivity contribution in [2.45, 2.75) is 45.1 Å². The first-order valence-electron chi connectivity index (χ1n) is 7.08. The van der Waals surface area contributed by atoms with Gasteiger partial charge in [-0.3, -0.25) is 0 Å². The van der Waals surface area contributed by atoms with Gasteiger partial charge in [-0.1, -0.05) is 25.3 Å². The smallest absolute Gasteiger partial charge is 0.319 e. The molecule has 1 aliphatic rings. The predicted octanol–water partition coefficient (Wildman–Crippen LogP) is 3.36. The summed E-state index contributed by atoms with van der Waals surface area (Å²) >= 11 is 0. The van der Waals surface area contributed by atoms with E-state index in [0.29, 0.717) is 11.6 Å². The van der Waals surface area contributed by atoms with Crippen LogP contribution in [0.2, 0.25) is 0 Å². The monoisotopic (exact) mass is 261 g/mol. The van der Waals surface area contributed by atoms with E-state index in [4.69, 9.17) is 5.73 Å². The van der Waals surface area contributed by atoms with Crippen molar-refractivity contribution in [2.24, 2.45) is 5.92 Å². The second-order valence-electron chi connectivity index (χ2n) is 5.41. The van der Waals surface area contributed by atoms with Gasteiger partial charge in [0.05, 0.1) is 0 Å². The number of nitrogen functional groups attached to an aromatic ring is 1. The molecule has 0 aliphatic heterocycles. The van der Waals surface area contributed by atoms with Crippen molar-refractivity contribution in [3.8, 4) is 0 Å². The molecule has 1 saturated carbocycles. The maximum atomic E-state index is 11.9. The summed E-state index contributed by atoms with van der Waals surface area (Å²) in [6.07, 6.45) is 6.35. The fraction of sp³-hybridized carbons (Fsp3) is 0.533. The van der Waals surface area contributed by atoms with E-state index in [1.807, 2.05) is 12.1 Å². The molecule has 104 valence electrons. The third kappa shape index (κ3) is 4.16. The van der Waals surface area contributed by atoms with E-state index in [1.165, 1.54) is 32.1 Å². The van der Waals surface area contributed by atoms with Crippen LogP contribution in [0.3, 0.4) is 0 Å². The molecule has 2 rings (SSSR count). The summed E-state index contributed by atoms with van der Waals surface area (Å²) in [6, 6.07) is 7.29. The number of urea groups is 1. The molecule has 1 atom stereocenters. The van der Waals surface area contributed by atoms with Gasteiger partial charge in [0.25, 0.3) is 0 Å². The van der Waals surface area contributed by atoms with Crippen LogP contribution in [0, 0.1) is 5.92 Å². The first kappa shape index (κ1) is 13.7. The molecule has 4 heteroatoms. The lowest BCUT2D eigenvalue weighted by atomic mass is 9.85. The summed E-state index contributed by atoms with van der Waals surface area (Å²) in [5, 5.41) is 5.85. The molecule has 4 N–H and O–H groups in total. The van der Waals surface area contributed by atoms with Crippen LogP contribution in [-0.4, -0.2) is 12.1 Å². The molecule has 1 aromatic rings. The Balaban J connectivity index is 1.83. The number of carbonyl (C=O) groups excluding carboxylic acids is 1. The molecule has 0 radical (unpaired) electrons. The van der Waals surface area contributed by atoms with Gasteiger partial charge in [0.15, 0.2) is 0 Å². The van der Waals surface area contributed by atoms with Gasteiger partial charge in [0, 0.05) is 17.4 Å². The van der Waals surface area contributed by atoms with Crippen molar-refractivity contribution in [2.75, 3.05) is 11.1 Å². The molecule has 19 heavy (non-hydrogen) atoms. The molecule has 0 saturated heterocycles. The van der Waals surface area contributed by atoms with Gasteiger partial charge in [-0.25, -0.2) is 4.79 Å². The molecule has 0 spiro atoms. The van der Waals surface area contributed by atoms with Gasteiger partial charge in [-0.15, -0.1) is 0 Å². The van der Waals surface area contributed by atoms with Crippen molar-refractivity contribution < 1.29 is 4.79 Å². The SMILES string of the molecule is CC(NC(=O)Nc1cccc(N)c1)C1CCCCC1. The Labute approximate surface area is 114 Å². The average Bonchev–Trinajstić information content (AvgIpc) is 2.39. The number of hydrogen-bond donors (Lipinski definition) is 3. The molecule has 1 fully saturated rings. The fourth-order valence-corrected chi connectivity index (χ4v) is 2.74. The highest BCUT2D eigenvalue weighted by molar-refractivity contribution is 5.89. The first-order valence-corrected chi connectivity index (χ1v) is 7.08. The lowest BCUT2D eigenvalue weighted by Gasteiger charge is -2.28. The van der Waals surface area contributed by atoms with E-state index < -0.39 is 0 Å². The van der Waals surface area contributed by atoms with Gasteiger partial charge in [-0.2, -0.15) is 0 Å². The molecule has 0 bridgehead atoms. The van der Waals surface area contributed by atoms with E-state index in [0.717, 1.165) is 5.69 Å². The maximum Gasteiger partial charge on any atom is 0.319 e. The van der Waals surface area contributed by atoms with E-state index in [2.05, 4.69) is 17.6 Å². The van der Waals surface area contributed by atoms with Gasteiger partial charge in [-0.05, 0) is 43.9 Å². The standard InChI is InChI=1S/C15H23N3O/c1-11(12-6-3-2-4-7-12)17-15(19)18-14-9-5-8-13(16)10-14/h5,8-12H,2-4,6-7,16H2,1H3,(H2,17,18,19). The summed E-state index contributed by atoms with van der Waals surface area (Å²) in [6.45, 7) is 2.09. The molecule has 2 amide bonds. The van der Waals surface area contributed by atoms with Crippen LogP contribution in [0.25, 0.3) is 0 Å². The van der Waals surface area contributed by atoms with Crippen molar-refractivity contribution in [3.05, 3.63) is 24.3 Å². The lowest BCUT2D eigenvalue weighted by molar-refractivity contribution is 0.235. The van der Waals surface area contributed by atoms with E-state index in [1.54, 1.807) is 12.1 Å². The van der Waals surface area contributed by atoms with Crippen LogP contribution < -0.4 is 16.4 Å². The number of nitrogens with one attached hydrogen (secondary N) is 2. The number of hydrogen-bond acceptors (Lipinski definition) is 2. The summed E-state index contributed by atoms with van der Waals surface area (Å²) in [4.78, 5) is 11.9. The number of benzene rings is 1. The minimum absolute atomic E-state index is 0.149. The Morgan fingerprint density at radius 3 is 2.74 bits per heavy atom.